The molecule has 1 amide bonds. The van der Waals surface area contributed by atoms with E-state index in [2.05, 4.69) is 5.32 Å². The third kappa shape index (κ3) is 3.41. The Hall–Kier alpha value is -2.64. The molecule has 1 aromatic rings. The number of nitrogens with one attached hydrogen (secondary N) is 1. The summed E-state index contributed by atoms with van der Waals surface area (Å²) < 4.78 is 0. The summed E-state index contributed by atoms with van der Waals surface area (Å²) in [6, 6.07) is 3.54. The van der Waals surface area contributed by atoms with E-state index >= 15 is 0 Å². The van der Waals surface area contributed by atoms with Crippen LogP contribution in [-0.4, -0.2) is 42.5 Å². The number of carbonyl (C=O) groups excluding carboxylic acids is 1. The van der Waals surface area contributed by atoms with E-state index in [4.69, 9.17) is 5.11 Å². The number of nitro benzene ring substituents is 1. The van der Waals surface area contributed by atoms with Crippen LogP contribution < -0.4 is 10.2 Å². The van der Waals surface area contributed by atoms with Gasteiger partial charge >= 0.3 is 5.97 Å². The summed E-state index contributed by atoms with van der Waals surface area (Å²) >= 11 is 0. The Balaban J connectivity index is 3.16. The van der Waals surface area contributed by atoms with Gasteiger partial charge in [-0.3, -0.25) is 14.9 Å². The standard InChI is InChI=1S/C11H13N3O5/c1-12-10(15)6-13(2)8-4-3-7(11(16)17)5-9(8)14(18)19/h3-5H,6H2,1-2H3,(H,12,15)(H,16,17). The zero-order valence-corrected chi connectivity index (χ0v) is 10.4. The molecule has 0 aromatic heterocycles. The van der Waals surface area contributed by atoms with Crippen LogP contribution in [0.25, 0.3) is 0 Å². The monoisotopic (exact) mass is 267 g/mol. The Morgan fingerprint density at radius 2 is 2.11 bits per heavy atom. The third-order valence-corrected chi connectivity index (χ3v) is 2.49. The molecule has 2 N–H and O–H groups in total. The summed E-state index contributed by atoms with van der Waals surface area (Å²) in [6.45, 7) is -0.0657. The van der Waals surface area contributed by atoms with Gasteiger partial charge in [-0.1, -0.05) is 0 Å². The highest BCUT2D eigenvalue weighted by molar-refractivity contribution is 5.90. The summed E-state index contributed by atoms with van der Waals surface area (Å²) in [6.07, 6.45) is 0. The van der Waals surface area contributed by atoms with E-state index in [1.54, 1.807) is 0 Å². The van der Waals surface area contributed by atoms with Crippen LogP contribution in [0.2, 0.25) is 0 Å². The van der Waals surface area contributed by atoms with Crippen molar-refractivity contribution < 1.29 is 19.6 Å². The number of hydrogen-bond donors (Lipinski definition) is 2. The van der Waals surface area contributed by atoms with Crippen molar-refractivity contribution in [1.82, 2.24) is 5.32 Å². The number of rotatable bonds is 5. The molecule has 8 nitrogen and oxygen atoms in total. The molecule has 0 unspecified atom stereocenters. The van der Waals surface area contributed by atoms with Crippen molar-refractivity contribution in [3.05, 3.63) is 33.9 Å². The fraction of sp³-hybridized carbons (Fsp3) is 0.273. The highest BCUT2D eigenvalue weighted by atomic mass is 16.6. The van der Waals surface area contributed by atoms with Crippen molar-refractivity contribution in [2.75, 3.05) is 25.5 Å². The molecule has 0 saturated carbocycles. The molecule has 0 spiro atoms. The molecular weight excluding hydrogens is 254 g/mol. The number of carbonyl (C=O) groups is 2. The summed E-state index contributed by atoms with van der Waals surface area (Å²) in [7, 11) is 2.97. The lowest BCUT2D eigenvalue weighted by molar-refractivity contribution is -0.384. The number of aromatic carboxylic acids is 1. The van der Waals surface area contributed by atoms with Crippen molar-refractivity contribution in [3.8, 4) is 0 Å². The molecule has 0 fully saturated rings. The Bertz CT molecular complexity index is 529. The number of anilines is 1. The zero-order valence-electron chi connectivity index (χ0n) is 10.4. The van der Waals surface area contributed by atoms with Gasteiger partial charge in [-0.05, 0) is 12.1 Å². The quantitative estimate of drug-likeness (QED) is 0.592. The second-order valence-corrected chi connectivity index (χ2v) is 3.79. The van der Waals surface area contributed by atoms with Crippen LogP contribution in [-0.2, 0) is 4.79 Å². The Kier molecular flexibility index (Phi) is 4.41. The average molecular weight is 267 g/mol. The molecule has 0 bridgehead atoms. The van der Waals surface area contributed by atoms with Crippen molar-refractivity contribution in [3.63, 3.8) is 0 Å². The lowest BCUT2D eigenvalue weighted by Gasteiger charge is -2.18. The molecule has 0 atom stereocenters. The van der Waals surface area contributed by atoms with E-state index in [0.717, 1.165) is 6.07 Å². The van der Waals surface area contributed by atoms with Crippen molar-refractivity contribution in [2.24, 2.45) is 0 Å². The normalized spacial score (nSPS) is 9.79. The summed E-state index contributed by atoms with van der Waals surface area (Å²) in [5, 5.41) is 22.1. The number of carboxylic acid groups (broad SMARTS) is 1. The van der Waals surface area contributed by atoms with Crippen LogP contribution in [0.3, 0.4) is 0 Å². The number of hydrogen-bond acceptors (Lipinski definition) is 5. The highest BCUT2D eigenvalue weighted by Crippen LogP contribution is 2.28. The molecule has 19 heavy (non-hydrogen) atoms. The van der Waals surface area contributed by atoms with Crippen molar-refractivity contribution in [1.29, 1.82) is 0 Å². The van der Waals surface area contributed by atoms with Gasteiger partial charge in [-0.2, -0.15) is 0 Å². The topological polar surface area (TPSA) is 113 Å². The first-order chi connectivity index (χ1) is 8.86. The Morgan fingerprint density at radius 1 is 1.47 bits per heavy atom. The van der Waals surface area contributed by atoms with E-state index in [1.165, 1.54) is 31.1 Å². The summed E-state index contributed by atoms with van der Waals surface area (Å²) in [5.41, 5.74) is -0.353. The minimum absolute atomic E-state index is 0.0657. The van der Waals surface area contributed by atoms with Gasteiger partial charge in [0, 0.05) is 20.2 Å². The molecule has 0 saturated heterocycles. The van der Waals surface area contributed by atoms with Crippen LogP contribution in [0.4, 0.5) is 11.4 Å². The predicted octanol–water partition coefficient (Wildman–Crippen LogP) is 0.475. The van der Waals surface area contributed by atoms with E-state index < -0.39 is 10.9 Å². The minimum atomic E-state index is -1.25. The molecule has 1 aromatic carbocycles. The Labute approximate surface area is 108 Å². The molecular formula is C11H13N3O5. The third-order valence-electron chi connectivity index (χ3n) is 2.49. The molecule has 0 aliphatic carbocycles. The van der Waals surface area contributed by atoms with Gasteiger partial charge in [0.1, 0.15) is 5.69 Å². The lowest BCUT2D eigenvalue weighted by atomic mass is 10.1. The maximum atomic E-state index is 11.2. The largest absolute Gasteiger partial charge is 0.478 e. The highest BCUT2D eigenvalue weighted by Gasteiger charge is 2.20. The van der Waals surface area contributed by atoms with Gasteiger partial charge in [0.15, 0.2) is 0 Å². The predicted molar refractivity (Wildman–Crippen MR) is 67.4 cm³/mol. The fourth-order valence-electron chi connectivity index (χ4n) is 1.51. The molecule has 0 aliphatic heterocycles. The molecule has 1 rings (SSSR count). The van der Waals surface area contributed by atoms with Gasteiger partial charge in [0.25, 0.3) is 5.69 Å². The summed E-state index contributed by atoms with van der Waals surface area (Å²) in [5.74, 6) is -1.55. The van der Waals surface area contributed by atoms with Gasteiger partial charge < -0.3 is 15.3 Å². The molecule has 102 valence electrons. The van der Waals surface area contributed by atoms with Crippen molar-refractivity contribution in [2.45, 2.75) is 0 Å². The number of nitro groups is 1. The number of benzene rings is 1. The van der Waals surface area contributed by atoms with Gasteiger partial charge in [0.05, 0.1) is 17.0 Å². The molecule has 8 heteroatoms. The molecule has 0 radical (unpaired) electrons. The molecule has 0 aliphatic rings. The molecule has 0 heterocycles. The van der Waals surface area contributed by atoms with Crippen LogP contribution in [0.5, 0.6) is 0 Å². The number of carboxylic acids is 1. The maximum Gasteiger partial charge on any atom is 0.335 e. The second kappa shape index (κ2) is 5.80. The first-order valence-electron chi connectivity index (χ1n) is 5.30. The van der Waals surface area contributed by atoms with Crippen LogP contribution in [0.15, 0.2) is 18.2 Å². The number of nitrogens with zero attached hydrogens (tertiary/aromatic N) is 2. The maximum absolute atomic E-state index is 11.2. The SMILES string of the molecule is CNC(=O)CN(C)c1ccc(C(=O)O)cc1[N+](=O)[O-]. The minimum Gasteiger partial charge on any atom is -0.478 e. The number of amides is 1. The van der Waals surface area contributed by atoms with Crippen LogP contribution >= 0.6 is 0 Å². The zero-order chi connectivity index (χ0) is 14.6. The van der Waals surface area contributed by atoms with Crippen LogP contribution in [0.1, 0.15) is 10.4 Å². The second-order valence-electron chi connectivity index (χ2n) is 3.79. The smallest absolute Gasteiger partial charge is 0.335 e. The lowest BCUT2D eigenvalue weighted by Crippen LogP contribution is -2.33. The Morgan fingerprint density at radius 3 is 2.58 bits per heavy atom. The average Bonchev–Trinajstić information content (AvgIpc) is 2.37. The first-order valence-corrected chi connectivity index (χ1v) is 5.30. The van der Waals surface area contributed by atoms with E-state index in [-0.39, 0.29) is 29.4 Å². The van der Waals surface area contributed by atoms with Gasteiger partial charge in [-0.25, -0.2) is 4.79 Å². The van der Waals surface area contributed by atoms with Gasteiger partial charge in [-0.15, -0.1) is 0 Å². The van der Waals surface area contributed by atoms with E-state index in [9.17, 15) is 19.7 Å². The van der Waals surface area contributed by atoms with Crippen molar-refractivity contribution >= 4 is 23.3 Å². The van der Waals surface area contributed by atoms with Crippen LogP contribution in [0, 0.1) is 10.1 Å². The number of likely N-dealkylation sites (N-methyl/N-ethyl adjacent to an activating group) is 2. The fourth-order valence-corrected chi connectivity index (χ4v) is 1.51. The van der Waals surface area contributed by atoms with E-state index in [0.29, 0.717) is 0 Å². The van der Waals surface area contributed by atoms with E-state index in [1.807, 2.05) is 0 Å². The summed E-state index contributed by atoms with van der Waals surface area (Å²) in [4.78, 5) is 33.7. The first kappa shape index (κ1) is 14.4. The van der Waals surface area contributed by atoms with Gasteiger partial charge in [0.2, 0.25) is 5.91 Å².